The van der Waals surface area contributed by atoms with Crippen LogP contribution in [0.5, 0.6) is 0 Å². The molecule has 0 unspecified atom stereocenters. The van der Waals surface area contributed by atoms with Crippen LogP contribution in [-0.2, 0) is 10.5 Å². The van der Waals surface area contributed by atoms with Crippen LogP contribution in [0, 0.1) is 5.41 Å². The molecule has 0 fully saturated rings. The molecule has 6 nitrogen and oxygen atoms in total. The van der Waals surface area contributed by atoms with Crippen molar-refractivity contribution >= 4 is 17.8 Å². The summed E-state index contributed by atoms with van der Waals surface area (Å²) in [6.07, 6.45) is 3.53. The molecular formula is C14H20N4O2S. The van der Waals surface area contributed by atoms with Gasteiger partial charge in [-0.15, -0.1) is 16.9 Å². The Morgan fingerprint density at radius 2 is 2.05 bits per heavy atom. The van der Waals surface area contributed by atoms with E-state index in [4.69, 9.17) is 9.15 Å². The molecule has 2 aromatic heterocycles. The van der Waals surface area contributed by atoms with Gasteiger partial charge in [0, 0.05) is 36.4 Å². The van der Waals surface area contributed by atoms with Crippen LogP contribution < -0.4 is 5.32 Å². The zero-order valence-electron chi connectivity index (χ0n) is 12.5. The number of hydrogen-bond donors (Lipinski definition) is 1. The lowest BCUT2D eigenvalue weighted by molar-refractivity contribution is 0.112. The highest BCUT2D eigenvalue weighted by molar-refractivity contribution is 7.98. The first kappa shape index (κ1) is 15.8. The third-order valence-corrected chi connectivity index (χ3v) is 3.73. The minimum absolute atomic E-state index is 0.00910. The van der Waals surface area contributed by atoms with E-state index in [0.717, 1.165) is 4.90 Å². The summed E-state index contributed by atoms with van der Waals surface area (Å²) in [5, 5.41) is 11.2. The van der Waals surface area contributed by atoms with Gasteiger partial charge in [-0.1, -0.05) is 18.9 Å². The van der Waals surface area contributed by atoms with Crippen molar-refractivity contribution in [1.82, 2.24) is 15.2 Å². The molecule has 114 valence electrons. The summed E-state index contributed by atoms with van der Waals surface area (Å²) in [5.74, 6) is 1.24. The van der Waals surface area contributed by atoms with Crippen molar-refractivity contribution in [2.75, 3.05) is 25.6 Å². The normalized spacial score (nSPS) is 11.6. The monoisotopic (exact) mass is 308 g/mol. The highest BCUT2D eigenvalue weighted by atomic mass is 32.2. The fourth-order valence-electron chi connectivity index (χ4n) is 1.72. The van der Waals surface area contributed by atoms with Crippen molar-refractivity contribution < 1.29 is 9.15 Å². The third-order valence-electron chi connectivity index (χ3n) is 2.73. The molecule has 0 saturated heterocycles. The van der Waals surface area contributed by atoms with Crippen LogP contribution >= 0.6 is 11.8 Å². The Morgan fingerprint density at radius 3 is 2.76 bits per heavy atom. The Labute approximate surface area is 128 Å². The quantitative estimate of drug-likeness (QED) is 0.752. The zero-order valence-corrected chi connectivity index (χ0v) is 13.3. The van der Waals surface area contributed by atoms with Crippen LogP contribution in [0.1, 0.15) is 19.7 Å². The van der Waals surface area contributed by atoms with Gasteiger partial charge < -0.3 is 14.5 Å². The first-order valence-electron chi connectivity index (χ1n) is 6.67. The van der Waals surface area contributed by atoms with E-state index in [2.05, 4.69) is 34.3 Å². The van der Waals surface area contributed by atoms with Gasteiger partial charge in [-0.3, -0.25) is 4.98 Å². The highest BCUT2D eigenvalue weighted by Gasteiger charge is 2.18. The maximum atomic E-state index is 5.57. The fraction of sp³-hybridized carbons (Fsp3) is 0.500. The molecule has 0 aliphatic carbocycles. The van der Waals surface area contributed by atoms with Gasteiger partial charge in [0.25, 0.3) is 0 Å². The van der Waals surface area contributed by atoms with Gasteiger partial charge in [-0.25, -0.2) is 0 Å². The number of rotatable bonds is 8. The average molecular weight is 308 g/mol. The molecule has 0 aromatic carbocycles. The summed E-state index contributed by atoms with van der Waals surface area (Å²) in [6.45, 7) is 5.60. The van der Waals surface area contributed by atoms with Crippen LogP contribution in [0.15, 0.2) is 33.8 Å². The molecule has 7 heteroatoms. The van der Waals surface area contributed by atoms with Crippen LogP contribution in [-0.4, -0.2) is 35.4 Å². The Hall–Kier alpha value is -1.60. The molecule has 0 amide bonds. The fourth-order valence-corrected chi connectivity index (χ4v) is 2.44. The van der Waals surface area contributed by atoms with E-state index in [1.807, 2.05) is 12.1 Å². The summed E-state index contributed by atoms with van der Waals surface area (Å²) < 4.78 is 10.7. The molecule has 0 radical (unpaired) electrons. The summed E-state index contributed by atoms with van der Waals surface area (Å²) >= 11 is 1.63. The number of anilines is 1. The molecular weight excluding hydrogens is 288 g/mol. The number of thioether (sulfide) groups is 1. The first-order valence-corrected chi connectivity index (χ1v) is 7.66. The number of pyridine rings is 1. The molecule has 0 aliphatic heterocycles. The Kier molecular flexibility index (Phi) is 5.58. The van der Waals surface area contributed by atoms with E-state index >= 15 is 0 Å². The second kappa shape index (κ2) is 7.42. The standard InChI is InChI=1S/C14H20N4O2S/c1-14(2,10-19-3)9-16-13-18-17-12(20-13)8-21-11-4-6-15-7-5-11/h4-7H,8-10H2,1-3H3,(H,16,18). The van der Waals surface area contributed by atoms with Gasteiger partial charge in [-0.2, -0.15) is 0 Å². The Morgan fingerprint density at radius 1 is 1.29 bits per heavy atom. The topological polar surface area (TPSA) is 73.1 Å². The number of hydrogen-bond acceptors (Lipinski definition) is 7. The van der Waals surface area contributed by atoms with Gasteiger partial charge in [0.05, 0.1) is 12.4 Å². The number of nitrogens with zero attached hydrogens (tertiary/aromatic N) is 3. The van der Waals surface area contributed by atoms with Crippen LogP contribution in [0.2, 0.25) is 0 Å². The molecule has 21 heavy (non-hydrogen) atoms. The lowest BCUT2D eigenvalue weighted by atomic mass is 9.95. The summed E-state index contributed by atoms with van der Waals surface area (Å²) in [4.78, 5) is 5.11. The maximum Gasteiger partial charge on any atom is 0.315 e. The third kappa shape index (κ3) is 5.35. The van der Waals surface area contributed by atoms with Gasteiger partial charge in [0.2, 0.25) is 5.89 Å². The number of nitrogens with one attached hydrogen (secondary N) is 1. The summed E-state index contributed by atoms with van der Waals surface area (Å²) in [6, 6.07) is 4.35. The number of ether oxygens (including phenoxy) is 1. The van der Waals surface area contributed by atoms with E-state index in [1.165, 1.54) is 0 Å². The second-order valence-corrected chi connectivity index (χ2v) is 6.47. The summed E-state index contributed by atoms with van der Waals surface area (Å²) in [5.41, 5.74) is 0.00910. The molecule has 0 saturated carbocycles. The molecule has 1 N–H and O–H groups in total. The van der Waals surface area contributed by atoms with Gasteiger partial charge in [-0.05, 0) is 12.1 Å². The molecule has 0 aliphatic rings. The predicted molar refractivity (Wildman–Crippen MR) is 82.2 cm³/mol. The molecule has 0 atom stereocenters. The van der Waals surface area contributed by atoms with Crippen LogP contribution in [0.25, 0.3) is 0 Å². The van der Waals surface area contributed by atoms with Crippen LogP contribution in [0.4, 0.5) is 6.01 Å². The minimum atomic E-state index is 0.00910. The highest BCUT2D eigenvalue weighted by Crippen LogP contribution is 2.22. The maximum absolute atomic E-state index is 5.57. The largest absolute Gasteiger partial charge is 0.407 e. The smallest absolute Gasteiger partial charge is 0.315 e. The number of aromatic nitrogens is 3. The first-order chi connectivity index (χ1) is 10.1. The van der Waals surface area contributed by atoms with E-state index < -0.39 is 0 Å². The minimum Gasteiger partial charge on any atom is -0.407 e. The second-order valence-electron chi connectivity index (χ2n) is 5.42. The SMILES string of the molecule is COCC(C)(C)CNc1nnc(CSc2ccncc2)o1. The van der Waals surface area contributed by atoms with Crippen molar-refractivity contribution in [1.29, 1.82) is 0 Å². The van der Waals surface area contributed by atoms with Crippen molar-refractivity contribution in [2.45, 2.75) is 24.5 Å². The average Bonchev–Trinajstić information content (AvgIpc) is 2.92. The lowest BCUT2D eigenvalue weighted by Gasteiger charge is -2.22. The Bertz CT molecular complexity index is 545. The zero-order chi connectivity index (χ0) is 15.1. The van der Waals surface area contributed by atoms with E-state index in [9.17, 15) is 0 Å². The lowest BCUT2D eigenvalue weighted by Crippen LogP contribution is -2.27. The van der Waals surface area contributed by atoms with Crippen molar-refractivity contribution in [3.05, 3.63) is 30.4 Å². The van der Waals surface area contributed by atoms with Crippen LogP contribution in [0.3, 0.4) is 0 Å². The molecule has 0 spiro atoms. The predicted octanol–water partition coefficient (Wildman–Crippen LogP) is 2.84. The number of methoxy groups -OCH3 is 1. The van der Waals surface area contributed by atoms with Crippen molar-refractivity contribution in [3.8, 4) is 0 Å². The molecule has 2 heterocycles. The molecule has 2 aromatic rings. The van der Waals surface area contributed by atoms with E-state index in [0.29, 0.717) is 30.8 Å². The van der Waals surface area contributed by atoms with E-state index in [1.54, 1.807) is 31.3 Å². The van der Waals surface area contributed by atoms with Gasteiger partial charge in [0.1, 0.15) is 0 Å². The van der Waals surface area contributed by atoms with E-state index in [-0.39, 0.29) is 5.41 Å². The van der Waals surface area contributed by atoms with Crippen molar-refractivity contribution in [2.24, 2.45) is 5.41 Å². The Balaban J connectivity index is 1.81. The molecule has 0 bridgehead atoms. The summed E-state index contributed by atoms with van der Waals surface area (Å²) in [7, 11) is 1.70. The van der Waals surface area contributed by atoms with Gasteiger partial charge >= 0.3 is 6.01 Å². The van der Waals surface area contributed by atoms with Crippen molar-refractivity contribution in [3.63, 3.8) is 0 Å². The van der Waals surface area contributed by atoms with Gasteiger partial charge in [0.15, 0.2) is 0 Å². The molecule has 2 rings (SSSR count).